The van der Waals surface area contributed by atoms with Crippen molar-refractivity contribution in [2.45, 2.75) is 25.3 Å². The summed E-state index contributed by atoms with van der Waals surface area (Å²) in [6.07, 6.45) is 2.62. The van der Waals surface area contributed by atoms with Crippen LogP contribution in [0, 0.1) is 0 Å². The van der Waals surface area contributed by atoms with Crippen LogP contribution in [0.4, 0.5) is 0 Å². The number of benzene rings is 1. The molecule has 1 aromatic rings. The third-order valence-corrected chi connectivity index (χ3v) is 2.46. The molecule has 0 aliphatic carbocycles. The predicted octanol–water partition coefficient (Wildman–Crippen LogP) is 1.86. The first-order valence-corrected chi connectivity index (χ1v) is 5.29. The van der Waals surface area contributed by atoms with E-state index in [4.69, 9.17) is 15.6 Å². The molecule has 84 valence electrons. The Balaban J connectivity index is 2.59. The molecule has 0 saturated carbocycles. The van der Waals surface area contributed by atoms with Crippen LogP contribution >= 0.6 is 0 Å². The van der Waals surface area contributed by atoms with Gasteiger partial charge in [0.05, 0.1) is 7.11 Å². The number of methoxy groups -OCH3 is 1. The monoisotopic (exact) mass is 209 g/mol. The topological polar surface area (TPSA) is 55.5 Å². The molecule has 1 aromatic carbocycles. The molecule has 0 saturated heterocycles. The zero-order valence-electron chi connectivity index (χ0n) is 9.15. The number of rotatable bonds is 6. The summed E-state index contributed by atoms with van der Waals surface area (Å²) in [5, 5.41) is 8.68. The average molecular weight is 209 g/mol. The summed E-state index contributed by atoms with van der Waals surface area (Å²) in [6, 6.07) is 7.80. The van der Waals surface area contributed by atoms with E-state index in [0.29, 0.717) is 0 Å². The lowest BCUT2D eigenvalue weighted by molar-refractivity contribution is 0.281. The van der Waals surface area contributed by atoms with Crippen LogP contribution in [-0.2, 0) is 0 Å². The first kappa shape index (κ1) is 12.0. The summed E-state index contributed by atoms with van der Waals surface area (Å²) in [5.74, 6) is 0.842. The van der Waals surface area contributed by atoms with Gasteiger partial charge in [0.25, 0.3) is 0 Å². The van der Waals surface area contributed by atoms with Crippen LogP contribution in [-0.4, -0.2) is 18.8 Å². The van der Waals surface area contributed by atoms with Gasteiger partial charge in [-0.2, -0.15) is 0 Å². The van der Waals surface area contributed by atoms with Crippen LogP contribution in [0.2, 0.25) is 0 Å². The molecule has 0 radical (unpaired) electrons. The van der Waals surface area contributed by atoms with Crippen molar-refractivity contribution in [2.75, 3.05) is 13.7 Å². The van der Waals surface area contributed by atoms with Gasteiger partial charge in [-0.15, -0.1) is 0 Å². The van der Waals surface area contributed by atoms with Crippen LogP contribution in [0.25, 0.3) is 0 Å². The molecule has 1 unspecified atom stereocenters. The number of aliphatic hydroxyl groups excluding tert-OH is 1. The molecule has 3 heteroatoms. The molecular weight excluding hydrogens is 190 g/mol. The van der Waals surface area contributed by atoms with E-state index in [1.165, 1.54) is 0 Å². The zero-order valence-corrected chi connectivity index (χ0v) is 9.15. The highest BCUT2D eigenvalue weighted by atomic mass is 16.5. The number of nitrogens with two attached hydrogens (primary N) is 1. The molecule has 0 fully saturated rings. The predicted molar refractivity (Wildman–Crippen MR) is 60.9 cm³/mol. The SMILES string of the molecule is COc1ccccc1C(N)CCCCO. The Hall–Kier alpha value is -1.06. The second-order valence-electron chi connectivity index (χ2n) is 3.57. The van der Waals surface area contributed by atoms with Crippen LogP contribution in [0.15, 0.2) is 24.3 Å². The number of ether oxygens (including phenoxy) is 1. The Kier molecular flexibility index (Phi) is 5.15. The lowest BCUT2D eigenvalue weighted by atomic mass is 10.0. The van der Waals surface area contributed by atoms with Crippen molar-refractivity contribution in [3.05, 3.63) is 29.8 Å². The van der Waals surface area contributed by atoms with Crippen molar-refractivity contribution >= 4 is 0 Å². The maximum atomic E-state index is 8.68. The van der Waals surface area contributed by atoms with Crippen molar-refractivity contribution in [2.24, 2.45) is 5.73 Å². The van der Waals surface area contributed by atoms with E-state index >= 15 is 0 Å². The first-order chi connectivity index (χ1) is 7.29. The Morgan fingerprint density at radius 1 is 1.33 bits per heavy atom. The zero-order chi connectivity index (χ0) is 11.1. The molecule has 0 aliphatic heterocycles. The minimum atomic E-state index is -0.00676. The van der Waals surface area contributed by atoms with Gasteiger partial charge in [-0.25, -0.2) is 0 Å². The van der Waals surface area contributed by atoms with Gasteiger partial charge in [0.2, 0.25) is 0 Å². The Morgan fingerprint density at radius 3 is 2.73 bits per heavy atom. The highest BCUT2D eigenvalue weighted by molar-refractivity contribution is 5.35. The lowest BCUT2D eigenvalue weighted by Gasteiger charge is -2.15. The standard InChI is InChI=1S/C12H19NO2/c1-15-12-8-3-2-6-10(12)11(13)7-4-5-9-14/h2-3,6,8,11,14H,4-5,7,9,13H2,1H3. The lowest BCUT2D eigenvalue weighted by Crippen LogP contribution is -2.11. The minimum absolute atomic E-state index is 0.00676. The van der Waals surface area contributed by atoms with Crippen LogP contribution in [0.1, 0.15) is 30.9 Å². The van der Waals surface area contributed by atoms with Crippen molar-refractivity contribution in [1.29, 1.82) is 0 Å². The largest absolute Gasteiger partial charge is 0.496 e. The Bertz CT molecular complexity index is 289. The second-order valence-corrected chi connectivity index (χ2v) is 3.57. The van der Waals surface area contributed by atoms with E-state index in [1.807, 2.05) is 24.3 Å². The summed E-state index contributed by atoms with van der Waals surface area (Å²) < 4.78 is 5.24. The number of hydrogen-bond acceptors (Lipinski definition) is 3. The third kappa shape index (κ3) is 3.53. The highest BCUT2D eigenvalue weighted by Crippen LogP contribution is 2.26. The minimum Gasteiger partial charge on any atom is -0.496 e. The van der Waals surface area contributed by atoms with Gasteiger partial charge in [0, 0.05) is 18.2 Å². The fourth-order valence-corrected chi connectivity index (χ4v) is 1.60. The van der Waals surface area contributed by atoms with E-state index in [-0.39, 0.29) is 12.6 Å². The molecule has 1 atom stereocenters. The highest BCUT2D eigenvalue weighted by Gasteiger charge is 2.10. The van der Waals surface area contributed by atoms with Gasteiger partial charge in [-0.1, -0.05) is 18.2 Å². The van der Waals surface area contributed by atoms with Crippen molar-refractivity contribution in [1.82, 2.24) is 0 Å². The normalized spacial score (nSPS) is 12.5. The maximum absolute atomic E-state index is 8.68. The van der Waals surface area contributed by atoms with Gasteiger partial charge in [0.1, 0.15) is 5.75 Å². The molecule has 0 aliphatic rings. The second kappa shape index (κ2) is 6.43. The smallest absolute Gasteiger partial charge is 0.123 e. The van der Waals surface area contributed by atoms with E-state index in [2.05, 4.69) is 0 Å². The third-order valence-electron chi connectivity index (χ3n) is 2.46. The number of hydrogen-bond donors (Lipinski definition) is 2. The van der Waals surface area contributed by atoms with E-state index in [0.717, 1.165) is 30.6 Å². The first-order valence-electron chi connectivity index (χ1n) is 5.29. The molecular formula is C12H19NO2. The molecule has 0 aromatic heterocycles. The summed E-state index contributed by atoms with van der Waals surface area (Å²) >= 11 is 0. The molecule has 0 heterocycles. The molecule has 15 heavy (non-hydrogen) atoms. The molecule has 1 rings (SSSR count). The van der Waals surface area contributed by atoms with Crippen LogP contribution < -0.4 is 10.5 Å². The summed E-state index contributed by atoms with van der Waals surface area (Å²) in [7, 11) is 1.65. The molecule has 0 amide bonds. The maximum Gasteiger partial charge on any atom is 0.123 e. The van der Waals surface area contributed by atoms with Crippen molar-refractivity contribution in [3.8, 4) is 5.75 Å². The Morgan fingerprint density at radius 2 is 2.07 bits per heavy atom. The van der Waals surface area contributed by atoms with Crippen molar-refractivity contribution in [3.63, 3.8) is 0 Å². The molecule has 3 N–H and O–H groups in total. The number of unbranched alkanes of at least 4 members (excludes halogenated alkanes) is 1. The van der Waals surface area contributed by atoms with Gasteiger partial charge in [-0.3, -0.25) is 0 Å². The summed E-state index contributed by atoms with van der Waals surface area (Å²) in [4.78, 5) is 0. The van der Waals surface area contributed by atoms with Gasteiger partial charge in [-0.05, 0) is 25.3 Å². The molecule has 3 nitrogen and oxygen atoms in total. The van der Waals surface area contributed by atoms with Gasteiger partial charge < -0.3 is 15.6 Å². The van der Waals surface area contributed by atoms with Crippen LogP contribution in [0.5, 0.6) is 5.75 Å². The summed E-state index contributed by atoms with van der Waals surface area (Å²) in [5.41, 5.74) is 7.09. The summed E-state index contributed by atoms with van der Waals surface area (Å²) in [6.45, 7) is 0.235. The number of para-hydroxylation sites is 1. The molecule has 0 spiro atoms. The number of aliphatic hydroxyl groups is 1. The van der Waals surface area contributed by atoms with E-state index in [9.17, 15) is 0 Å². The quantitative estimate of drug-likeness (QED) is 0.703. The van der Waals surface area contributed by atoms with Crippen LogP contribution in [0.3, 0.4) is 0 Å². The van der Waals surface area contributed by atoms with E-state index < -0.39 is 0 Å². The average Bonchev–Trinajstić information content (AvgIpc) is 2.29. The van der Waals surface area contributed by atoms with Gasteiger partial charge >= 0.3 is 0 Å². The molecule has 0 bridgehead atoms. The van der Waals surface area contributed by atoms with Crippen molar-refractivity contribution < 1.29 is 9.84 Å². The fraction of sp³-hybridized carbons (Fsp3) is 0.500. The fourth-order valence-electron chi connectivity index (χ4n) is 1.60. The Labute approximate surface area is 90.9 Å². The van der Waals surface area contributed by atoms with Gasteiger partial charge in [0.15, 0.2) is 0 Å². The van der Waals surface area contributed by atoms with E-state index in [1.54, 1.807) is 7.11 Å².